The molecule has 0 unspecified atom stereocenters. The summed E-state index contributed by atoms with van der Waals surface area (Å²) >= 11 is 0. The van der Waals surface area contributed by atoms with Crippen LogP contribution in [-0.4, -0.2) is 9.97 Å². The van der Waals surface area contributed by atoms with Gasteiger partial charge in [0.1, 0.15) is 0 Å². The van der Waals surface area contributed by atoms with Crippen LogP contribution in [0.2, 0.25) is 0 Å². The number of hydrogen-bond donors (Lipinski definition) is 0. The number of nitrogens with zero attached hydrogens (tertiary/aromatic N) is 2. The van der Waals surface area contributed by atoms with Gasteiger partial charge >= 0.3 is 0 Å². The van der Waals surface area contributed by atoms with Crippen LogP contribution in [0, 0.1) is 6.92 Å². The van der Waals surface area contributed by atoms with E-state index in [-0.39, 0.29) is 0 Å². The summed E-state index contributed by atoms with van der Waals surface area (Å²) in [5.74, 6) is 0. The molecule has 92 valence electrons. The Labute approximate surface area is 112 Å². The summed E-state index contributed by atoms with van der Waals surface area (Å²) in [5.41, 5.74) is 5.37. The zero-order chi connectivity index (χ0) is 13.1. The standard InChI is InChI=1S/C17H14N2/c1-13-7-9-14(10-8-13)16-5-2-6-17(19-16)15-4-3-11-18-12-15/h2-12H,1H3. The van der Waals surface area contributed by atoms with Crippen LogP contribution in [0.15, 0.2) is 67.0 Å². The smallest absolute Gasteiger partial charge is 0.0725 e. The third kappa shape index (κ3) is 2.52. The molecule has 0 saturated heterocycles. The molecule has 0 spiro atoms. The van der Waals surface area contributed by atoms with E-state index in [0.717, 1.165) is 22.5 Å². The van der Waals surface area contributed by atoms with Crippen molar-refractivity contribution in [3.05, 3.63) is 72.6 Å². The van der Waals surface area contributed by atoms with Crippen LogP contribution in [0.25, 0.3) is 22.5 Å². The maximum Gasteiger partial charge on any atom is 0.0725 e. The van der Waals surface area contributed by atoms with Gasteiger partial charge in [-0.2, -0.15) is 0 Å². The molecule has 0 amide bonds. The highest BCUT2D eigenvalue weighted by Gasteiger charge is 2.02. The average Bonchev–Trinajstić information content (AvgIpc) is 2.49. The summed E-state index contributed by atoms with van der Waals surface area (Å²) in [6.45, 7) is 2.09. The first kappa shape index (κ1) is 11.6. The molecular formula is C17H14N2. The highest BCUT2D eigenvalue weighted by Crippen LogP contribution is 2.22. The Bertz CT molecular complexity index is 673. The fourth-order valence-electron chi connectivity index (χ4n) is 1.99. The summed E-state index contributed by atoms with van der Waals surface area (Å²) in [5, 5.41) is 0. The zero-order valence-corrected chi connectivity index (χ0v) is 10.7. The first-order chi connectivity index (χ1) is 9.33. The number of aryl methyl sites for hydroxylation is 1. The molecule has 1 aromatic carbocycles. The first-order valence-corrected chi connectivity index (χ1v) is 6.27. The Morgan fingerprint density at radius 2 is 1.47 bits per heavy atom. The maximum absolute atomic E-state index is 4.70. The number of hydrogen-bond acceptors (Lipinski definition) is 2. The van der Waals surface area contributed by atoms with Gasteiger partial charge in [-0.25, -0.2) is 4.98 Å². The van der Waals surface area contributed by atoms with Crippen molar-refractivity contribution in [2.24, 2.45) is 0 Å². The van der Waals surface area contributed by atoms with Gasteiger partial charge in [0, 0.05) is 23.5 Å². The molecule has 0 aliphatic heterocycles. The minimum Gasteiger partial charge on any atom is -0.264 e. The number of benzene rings is 1. The van der Waals surface area contributed by atoms with E-state index in [1.165, 1.54) is 5.56 Å². The predicted molar refractivity (Wildman–Crippen MR) is 77.6 cm³/mol. The molecule has 2 aromatic heterocycles. The van der Waals surface area contributed by atoms with Gasteiger partial charge < -0.3 is 0 Å². The monoisotopic (exact) mass is 246 g/mol. The molecular weight excluding hydrogens is 232 g/mol. The van der Waals surface area contributed by atoms with Crippen molar-refractivity contribution in [3.8, 4) is 22.5 Å². The van der Waals surface area contributed by atoms with Gasteiger partial charge in [-0.15, -0.1) is 0 Å². The van der Waals surface area contributed by atoms with Gasteiger partial charge in [-0.05, 0) is 31.2 Å². The van der Waals surface area contributed by atoms with Crippen molar-refractivity contribution in [2.75, 3.05) is 0 Å². The van der Waals surface area contributed by atoms with Crippen LogP contribution in [0.5, 0.6) is 0 Å². The second-order valence-electron chi connectivity index (χ2n) is 4.52. The van der Waals surface area contributed by atoms with Crippen LogP contribution in [0.4, 0.5) is 0 Å². The first-order valence-electron chi connectivity index (χ1n) is 6.27. The normalized spacial score (nSPS) is 10.4. The zero-order valence-electron chi connectivity index (χ0n) is 10.7. The minimum atomic E-state index is 0.950. The molecule has 2 heteroatoms. The van der Waals surface area contributed by atoms with Gasteiger partial charge in [-0.3, -0.25) is 4.98 Å². The summed E-state index contributed by atoms with van der Waals surface area (Å²) in [7, 11) is 0. The minimum absolute atomic E-state index is 0.950. The van der Waals surface area contributed by atoms with Crippen LogP contribution in [-0.2, 0) is 0 Å². The van der Waals surface area contributed by atoms with E-state index < -0.39 is 0 Å². The molecule has 3 rings (SSSR count). The second kappa shape index (κ2) is 5.02. The fourth-order valence-corrected chi connectivity index (χ4v) is 1.99. The summed E-state index contributed by atoms with van der Waals surface area (Å²) < 4.78 is 0. The average molecular weight is 246 g/mol. The number of rotatable bonds is 2. The Balaban J connectivity index is 2.03. The molecule has 0 aliphatic carbocycles. The molecule has 3 aromatic rings. The van der Waals surface area contributed by atoms with Crippen LogP contribution >= 0.6 is 0 Å². The Hall–Kier alpha value is -2.48. The van der Waals surface area contributed by atoms with Crippen molar-refractivity contribution >= 4 is 0 Å². The van der Waals surface area contributed by atoms with E-state index in [0.29, 0.717) is 0 Å². The third-order valence-electron chi connectivity index (χ3n) is 3.05. The molecule has 0 N–H and O–H groups in total. The molecule has 0 aliphatic rings. The van der Waals surface area contributed by atoms with Crippen molar-refractivity contribution in [2.45, 2.75) is 6.92 Å². The van der Waals surface area contributed by atoms with E-state index >= 15 is 0 Å². The molecule has 2 nitrogen and oxygen atoms in total. The Morgan fingerprint density at radius 1 is 0.737 bits per heavy atom. The van der Waals surface area contributed by atoms with Gasteiger partial charge in [-0.1, -0.05) is 35.9 Å². The summed E-state index contributed by atoms with van der Waals surface area (Å²) in [4.78, 5) is 8.84. The SMILES string of the molecule is Cc1ccc(-c2cccc(-c3cccnc3)n2)cc1. The van der Waals surface area contributed by atoms with E-state index in [2.05, 4.69) is 36.2 Å². The van der Waals surface area contributed by atoms with Crippen molar-refractivity contribution in [3.63, 3.8) is 0 Å². The Kier molecular flexibility index (Phi) is 3.07. The lowest BCUT2D eigenvalue weighted by atomic mass is 10.1. The predicted octanol–water partition coefficient (Wildman–Crippen LogP) is 4.12. The molecule has 0 atom stereocenters. The molecule has 0 radical (unpaired) electrons. The highest BCUT2D eigenvalue weighted by molar-refractivity contribution is 5.65. The Morgan fingerprint density at radius 3 is 2.16 bits per heavy atom. The summed E-state index contributed by atoms with van der Waals surface area (Å²) in [6.07, 6.45) is 3.61. The molecule has 0 fully saturated rings. The fraction of sp³-hybridized carbons (Fsp3) is 0.0588. The molecule has 2 heterocycles. The van der Waals surface area contributed by atoms with Crippen molar-refractivity contribution < 1.29 is 0 Å². The topological polar surface area (TPSA) is 25.8 Å². The lowest BCUT2D eigenvalue weighted by Crippen LogP contribution is -1.88. The van der Waals surface area contributed by atoms with E-state index in [4.69, 9.17) is 4.98 Å². The second-order valence-corrected chi connectivity index (χ2v) is 4.52. The lowest BCUT2D eigenvalue weighted by Gasteiger charge is -2.05. The lowest BCUT2D eigenvalue weighted by molar-refractivity contribution is 1.28. The highest BCUT2D eigenvalue weighted by atomic mass is 14.7. The molecule has 0 saturated carbocycles. The van der Waals surface area contributed by atoms with Crippen LogP contribution < -0.4 is 0 Å². The summed E-state index contributed by atoms with van der Waals surface area (Å²) in [6, 6.07) is 18.4. The van der Waals surface area contributed by atoms with Gasteiger partial charge in [0.15, 0.2) is 0 Å². The van der Waals surface area contributed by atoms with Crippen LogP contribution in [0.1, 0.15) is 5.56 Å². The maximum atomic E-state index is 4.70. The van der Waals surface area contributed by atoms with E-state index in [1.54, 1.807) is 6.20 Å². The quantitative estimate of drug-likeness (QED) is 0.679. The largest absolute Gasteiger partial charge is 0.264 e. The van der Waals surface area contributed by atoms with Crippen molar-refractivity contribution in [1.29, 1.82) is 0 Å². The van der Waals surface area contributed by atoms with E-state index in [9.17, 15) is 0 Å². The molecule has 0 bridgehead atoms. The third-order valence-corrected chi connectivity index (χ3v) is 3.05. The van der Waals surface area contributed by atoms with Crippen molar-refractivity contribution in [1.82, 2.24) is 9.97 Å². The molecule has 19 heavy (non-hydrogen) atoms. The van der Waals surface area contributed by atoms with Gasteiger partial charge in [0.25, 0.3) is 0 Å². The number of pyridine rings is 2. The van der Waals surface area contributed by atoms with Crippen LogP contribution in [0.3, 0.4) is 0 Å². The number of aromatic nitrogens is 2. The van der Waals surface area contributed by atoms with E-state index in [1.807, 2.05) is 36.5 Å². The van der Waals surface area contributed by atoms with Gasteiger partial charge in [0.05, 0.1) is 11.4 Å². The van der Waals surface area contributed by atoms with Gasteiger partial charge in [0.2, 0.25) is 0 Å².